The molecule has 136 valence electrons. The smallest absolute Gasteiger partial charge is 0.353 e. The van der Waals surface area contributed by atoms with Gasteiger partial charge in [-0.25, -0.2) is 4.79 Å². The molecule has 2 aliphatic heterocycles. The molecule has 0 radical (unpaired) electrons. The summed E-state index contributed by atoms with van der Waals surface area (Å²) in [6.07, 6.45) is 4.22. The summed E-state index contributed by atoms with van der Waals surface area (Å²) in [5, 5.41) is 15.3. The minimum Gasteiger partial charge on any atom is -0.477 e. The molecule has 26 heavy (non-hydrogen) atoms. The largest absolute Gasteiger partial charge is 0.477 e. The van der Waals surface area contributed by atoms with Gasteiger partial charge in [-0.2, -0.15) is 5.10 Å². The number of aliphatic carboxylic acids is 1. The minimum absolute atomic E-state index is 0.0705. The van der Waals surface area contributed by atoms with E-state index in [1.165, 1.54) is 34.3 Å². The predicted molar refractivity (Wildman–Crippen MR) is 98.2 cm³/mol. The molecular weight excluding hydrogens is 350 g/mol. The van der Waals surface area contributed by atoms with Crippen molar-refractivity contribution in [3.8, 4) is 0 Å². The van der Waals surface area contributed by atoms with Crippen LogP contribution in [-0.2, 0) is 22.1 Å². The molecule has 2 aliphatic carbocycles. The van der Waals surface area contributed by atoms with Gasteiger partial charge in [-0.05, 0) is 30.3 Å². The number of nitrogens with zero attached hydrogens (tertiary/aromatic N) is 3. The van der Waals surface area contributed by atoms with E-state index in [-0.39, 0.29) is 27.8 Å². The van der Waals surface area contributed by atoms with Crippen LogP contribution in [0.1, 0.15) is 56.5 Å². The molecule has 2 bridgehead atoms. The molecule has 0 spiro atoms. The Bertz CT molecular complexity index is 957. The van der Waals surface area contributed by atoms with E-state index < -0.39 is 5.97 Å². The van der Waals surface area contributed by atoms with Crippen LogP contribution in [0.5, 0.6) is 0 Å². The van der Waals surface area contributed by atoms with Crippen molar-refractivity contribution in [1.82, 2.24) is 14.7 Å². The second-order valence-corrected chi connectivity index (χ2v) is 9.44. The number of aromatic nitrogens is 2. The minimum atomic E-state index is -1.06. The maximum atomic E-state index is 12.5. The van der Waals surface area contributed by atoms with Crippen LogP contribution < -0.4 is 0 Å². The number of thioether (sulfide) groups is 1. The number of amides is 1. The van der Waals surface area contributed by atoms with Crippen LogP contribution in [0.15, 0.2) is 16.7 Å². The van der Waals surface area contributed by atoms with Crippen molar-refractivity contribution < 1.29 is 14.7 Å². The van der Waals surface area contributed by atoms with Gasteiger partial charge in [0.05, 0.1) is 11.3 Å². The van der Waals surface area contributed by atoms with Gasteiger partial charge in [-0.15, -0.1) is 11.8 Å². The molecule has 1 N–H and O–H groups in total. The van der Waals surface area contributed by atoms with E-state index in [1.54, 1.807) is 5.41 Å². The van der Waals surface area contributed by atoms with E-state index >= 15 is 0 Å². The maximum Gasteiger partial charge on any atom is 0.353 e. The zero-order chi connectivity index (χ0) is 18.6. The fourth-order valence-corrected chi connectivity index (χ4v) is 6.63. The van der Waals surface area contributed by atoms with Crippen LogP contribution in [-0.4, -0.2) is 37.0 Å². The van der Waals surface area contributed by atoms with Gasteiger partial charge in [0, 0.05) is 29.1 Å². The van der Waals surface area contributed by atoms with Crippen molar-refractivity contribution in [2.24, 2.45) is 12.5 Å². The summed E-state index contributed by atoms with van der Waals surface area (Å²) < 4.78 is 1.99. The Kier molecular flexibility index (Phi) is 2.88. The first-order chi connectivity index (χ1) is 12.2. The zero-order valence-corrected chi connectivity index (χ0v) is 16.1. The number of hydrogen-bond acceptors (Lipinski definition) is 4. The van der Waals surface area contributed by atoms with Gasteiger partial charge in [0.2, 0.25) is 0 Å². The van der Waals surface area contributed by atoms with Gasteiger partial charge in [-0.1, -0.05) is 20.8 Å². The van der Waals surface area contributed by atoms with E-state index in [4.69, 9.17) is 5.10 Å². The van der Waals surface area contributed by atoms with E-state index in [1.807, 2.05) is 17.8 Å². The molecule has 2 unspecified atom stereocenters. The highest BCUT2D eigenvalue weighted by Gasteiger charge is 2.62. The number of hydrogen-bond donors (Lipinski definition) is 1. The van der Waals surface area contributed by atoms with Crippen LogP contribution in [0, 0.1) is 5.41 Å². The first-order valence-electron chi connectivity index (χ1n) is 8.90. The van der Waals surface area contributed by atoms with Crippen LogP contribution in [0.3, 0.4) is 0 Å². The monoisotopic (exact) mass is 371 g/mol. The molecule has 7 heteroatoms. The number of carboxylic acid groups (broad SMARTS) is 1. The lowest BCUT2D eigenvalue weighted by Gasteiger charge is -2.37. The zero-order valence-electron chi connectivity index (χ0n) is 15.2. The molecule has 1 saturated carbocycles. The fraction of sp³-hybridized carbons (Fsp3) is 0.526. The highest BCUT2D eigenvalue weighted by molar-refractivity contribution is 8.03. The molecule has 6 nitrogen and oxygen atoms in total. The summed E-state index contributed by atoms with van der Waals surface area (Å²) in [6.45, 7) is 7.02. The molecule has 2 fully saturated rings. The molecule has 5 rings (SSSR count). The summed E-state index contributed by atoms with van der Waals surface area (Å²) in [7, 11) is 1.99. The van der Waals surface area contributed by atoms with Crippen molar-refractivity contribution in [2.75, 3.05) is 0 Å². The molecule has 1 aromatic rings. The topological polar surface area (TPSA) is 75.4 Å². The highest BCUT2D eigenvalue weighted by atomic mass is 32.2. The van der Waals surface area contributed by atoms with Gasteiger partial charge in [0.1, 0.15) is 11.1 Å². The van der Waals surface area contributed by atoms with E-state index in [2.05, 4.69) is 20.8 Å². The van der Waals surface area contributed by atoms with Crippen LogP contribution in [0.2, 0.25) is 0 Å². The number of aryl methyl sites for hydroxylation is 1. The third-order valence-electron chi connectivity index (χ3n) is 7.26. The Morgan fingerprint density at radius 1 is 1.42 bits per heavy atom. The molecule has 1 saturated heterocycles. The van der Waals surface area contributed by atoms with Gasteiger partial charge >= 0.3 is 5.97 Å². The summed E-state index contributed by atoms with van der Waals surface area (Å²) in [6, 6.07) is 0. The number of fused-ring (bicyclic) bond motifs is 6. The molecular formula is C19H21N3O3S. The van der Waals surface area contributed by atoms with Crippen molar-refractivity contribution in [2.45, 2.75) is 50.3 Å². The average molecular weight is 371 g/mol. The van der Waals surface area contributed by atoms with Gasteiger partial charge in [0.15, 0.2) is 0 Å². The Morgan fingerprint density at radius 2 is 2.15 bits per heavy atom. The van der Waals surface area contributed by atoms with E-state index in [0.29, 0.717) is 11.5 Å². The standard InChI is InChI=1S/C19H21N3O3S/c1-18(2)10-5-6-19(18,3)14-13(10)11(20-21(14)4)7-9-15(23)22-12(17(24)25)8-26-16(9)22/h7-8,10,16H,5-6H2,1-4H3,(H,24,25)/b9-7-/t10?,16-,19?/m1/s1. The third-order valence-corrected chi connectivity index (χ3v) is 8.34. The lowest BCUT2D eigenvalue weighted by molar-refractivity contribution is -0.141. The van der Waals surface area contributed by atoms with Crippen molar-refractivity contribution in [3.05, 3.63) is 33.6 Å². The van der Waals surface area contributed by atoms with E-state index in [9.17, 15) is 14.7 Å². The number of carboxylic acids is 1. The first-order valence-corrected chi connectivity index (χ1v) is 9.84. The van der Waals surface area contributed by atoms with E-state index in [0.717, 1.165) is 12.1 Å². The molecule has 0 aromatic carbocycles. The normalized spacial score (nSPS) is 34.8. The van der Waals surface area contributed by atoms with Crippen LogP contribution in [0.25, 0.3) is 6.08 Å². The summed E-state index contributed by atoms with van der Waals surface area (Å²) in [4.78, 5) is 25.1. The van der Waals surface area contributed by atoms with Gasteiger partial charge in [-0.3, -0.25) is 14.4 Å². The Labute approximate surface area is 155 Å². The Hall–Kier alpha value is -2.02. The quantitative estimate of drug-likeness (QED) is 0.639. The second kappa shape index (κ2) is 4.63. The SMILES string of the molecule is Cn1nc(/C=C2/C(=O)N3C(C(=O)O)=CS[C@H]23)c2c1C1(C)CCC2C1(C)C. The molecule has 3 atom stereocenters. The van der Waals surface area contributed by atoms with Crippen LogP contribution >= 0.6 is 11.8 Å². The number of carbonyl (C=O) groups excluding carboxylic acids is 1. The fourth-order valence-electron chi connectivity index (χ4n) is 5.51. The number of carbonyl (C=O) groups is 2. The Balaban J connectivity index is 1.57. The maximum absolute atomic E-state index is 12.5. The number of rotatable bonds is 2. The summed E-state index contributed by atoms with van der Waals surface area (Å²) in [5.74, 6) is -0.821. The lowest BCUT2D eigenvalue weighted by atomic mass is 9.70. The highest BCUT2D eigenvalue weighted by Crippen LogP contribution is 2.68. The molecule has 1 aromatic heterocycles. The molecule has 4 aliphatic rings. The Morgan fingerprint density at radius 3 is 2.85 bits per heavy atom. The average Bonchev–Trinajstić information content (AvgIpc) is 3.22. The predicted octanol–water partition coefficient (Wildman–Crippen LogP) is 2.82. The van der Waals surface area contributed by atoms with Gasteiger partial charge < -0.3 is 5.11 Å². The lowest BCUT2D eigenvalue weighted by Crippen LogP contribution is -2.51. The number of β-lactam (4-membered cyclic amide) rings is 1. The summed E-state index contributed by atoms with van der Waals surface area (Å²) in [5.41, 5.74) is 4.49. The van der Waals surface area contributed by atoms with Crippen molar-refractivity contribution >= 4 is 29.7 Å². The van der Waals surface area contributed by atoms with Crippen molar-refractivity contribution in [1.29, 1.82) is 0 Å². The molecule has 1 amide bonds. The third kappa shape index (κ3) is 1.59. The van der Waals surface area contributed by atoms with Gasteiger partial charge in [0.25, 0.3) is 5.91 Å². The summed E-state index contributed by atoms with van der Waals surface area (Å²) >= 11 is 1.37. The van der Waals surface area contributed by atoms with Crippen molar-refractivity contribution in [3.63, 3.8) is 0 Å². The second-order valence-electron chi connectivity index (χ2n) is 8.49. The molecule has 3 heterocycles. The van der Waals surface area contributed by atoms with Crippen LogP contribution in [0.4, 0.5) is 0 Å². The first kappa shape index (κ1) is 16.2.